The fourth-order valence-electron chi connectivity index (χ4n) is 6.17. The quantitative estimate of drug-likeness (QED) is 0.278. The molecule has 0 bridgehead atoms. The highest BCUT2D eigenvalue weighted by Gasteiger charge is 2.31. The van der Waals surface area contributed by atoms with E-state index in [0.717, 1.165) is 39.8 Å². The van der Waals surface area contributed by atoms with Crippen molar-refractivity contribution in [3.63, 3.8) is 0 Å². The summed E-state index contributed by atoms with van der Waals surface area (Å²) >= 11 is 0. The molecule has 1 N–H and O–H groups in total. The number of rotatable bonds is 9. The Bertz CT molecular complexity index is 1860. The molecule has 1 aliphatic heterocycles. The van der Waals surface area contributed by atoms with Crippen molar-refractivity contribution in [3.05, 3.63) is 54.6 Å². The van der Waals surface area contributed by atoms with Crippen LogP contribution in [0.2, 0.25) is 0 Å². The molecule has 228 valence electrons. The molecule has 1 aliphatic carbocycles. The van der Waals surface area contributed by atoms with E-state index in [-0.39, 0.29) is 17.6 Å². The smallest absolute Gasteiger partial charge is 0.256 e. The van der Waals surface area contributed by atoms with Crippen LogP contribution in [-0.4, -0.2) is 71.3 Å². The van der Waals surface area contributed by atoms with Gasteiger partial charge in [-0.3, -0.25) is 0 Å². The predicted octanol–water partition coefficient (Wildman–Crippen LogP) is 4.75. The molecular formula is C30H37N7O4S2. The predicted molar refractivity (Wildman–Crippen MR) is 169 cm³/mol. The molecule has 6 rings (SSSR count). The molecule has 4 heterocycles. The summed E-state index contributed by atoms with van der Waals surface area (Å²) in [5, 5.41) is 9.11. The van der Waals surface area contributed by atoms with E-state index in [1.165, 1.54) is 24.2 Å². The summed E-state index contributed by atoms with van der Waals surface area (Å²) in [4.78, 5) is 15.9. The minimum absolute atomic E-state index is 0.134. The van der Waals surface area contributed by atoms with Gasteiger partial charge in [0, 0.05) is 48.7 Å². The van der Waals surface area contributed by atoms with Crippen LogP contribution in [0.4, 0.5) is 17.3 Å². The maximum Gasteiger partial charge on any atom is 0.256 e. The second kappa shape index (κ2) is 11.5. The minimum atomic E-state index is -3.56. The third-order valence-electron chi connectivity index (χ3n) is 8.33. The lowest BCUT2D eigenvalue weighted by molar-refractivity contribution is 0.445. The van der Waals surface area contributed by atoms with Crippen molar-refractivity contribution in [2.45, 2.75) is 57.1 Å². The molecule has 0 unspecified atom stereocenters. The highest BCUT2D eigenvalue weighted by molar-refractivity contribution is 7.90. The van der Waals surface area contributed by atoms with Gasteiger partial charge in [0.15, 0.2) is 5.82 Å². The van der Waals surface area contributed by atoms with Gasteiger partial charge in [0.1, 0.15) is 21.5 Å². The molecule has 0 radical (unpaired) electrons. The van der Waals surface area contributed by atoms with Gasteiger partial charge in [0.05, 0.1) is 29.0 Å². The fraction of sp³-hybridized carbons (Fsp3) is 0.467. The molecule has 4 aromatic rings. The first kappa shape index (κ1) is 29.5. The molecule has 0 amide bonds. The van der Waals surface area contributed by atoms with E-state index >= 15 is 0 Å². The Kier molecular flexibility index (Phi) is 7.88. The van der Waals surface area contributed by atoms with E-state index in [9.17, 15) is 16.8 Å². The van der Waals surface area contributed by atoms with Gasteiger partial charge in [0.25, 0.3) is 10.0 Å². The Morgan fingerprint density at radius 1 is 0.953 bits per heavy atom. The van der Waals surface area contributed by atoms with E-state index in [4.69, 9.17) is 0 Å². The molecule has 3 aromatic heterocycles. The fourth-order valence-corrected chi connectivity index (χ4v) is 8.91. The molecular weight excluding hydrogens is 587 g/mol. The summed E-state index contributed by atoms with van der Waals surface area (Å²) in [5.74, 6) is 2.13. The number of hydrogen-bond donors (Lipinski definition) is 1. The molecule has 43 heavy (non-hydrogen) atoms. The first-order valence-electron chi connectivity index (χ1n) is 14.7. The second-order valence-electron chi connectivity index (χ2n) is 12.1. The van der Waals surface area contributed by atoms with Gasteiger partial charge in [-0.25, -0.2) is 31.8 Å². The van der Waals surface area contributed by atoms with E-state index in [1.807, 2.05) is 12.3 Å². The van der Waals surface area contributed by atoms with Crippen LogP contribution in [0.25, 0.3) is 22.2 Å². The van der Waals surface area contributed by atoms with Crippen LogP contribution in [-0.2, 0) is 19.9 Å². The molecule has 11 nitrogen and oxygen atoms in total. The third-order valence-corrected chi connectivity index (χ3v) is 11.4. The van der Waals surface area contributed by atoms with Gasteiger partial charge in [0.2, 0.25) is 0 Å². The van der Waals surface area contributed by atoms with Crippen LogP contribution in [0.15, 0.2) is 49.1 Å². The average Bonchev–Trinajstić information content (AvgIpc) is 3.46. The normalized spacial score (nSPS) is 17.0. The van der Waals surface area contributed by atoms with Crippen molar-refractivity contribution in [3.8, 4) is 11.4 Å². The molecule has 2 fully saturated rings. The van der Waals surface area contributed by atoms with Crippen molar-refractivity contribution >= 4 is 48.0 Å². The van der Waals surface area contributed by atoms with E-state index in [0.29, 0.717) is 49.0 Å². The highest BCUT2D eigenvalue weighted by atomic mass is 32.2. The zero-order valence-corrected chi connectivity index (χ0v) is 26.3. The number of anilines is 3. The zero-order valence-electron chi connectivity index (χ0n) is 24.6. The molecule has 0 atom stereocenters. The van der Waals surface area contributed by atoms with Gasteiger partial charge in [-0.15, -0.1) is 0 Å². The Balaban J connectivity index is 1.24. The summed E-state index contributed by atoms with van der Waals surface area (Å²) in [6.07, 6.45) is 12.0. The summed E-state index contributed by atoms with van der Waals surface area (Å²) in [5.41, 5.74) is 2.75. The standard InChI is InChI=1S/C30H37N7O4S2/c1-20(2)24-9-10-27(36-16-21(17-36)19-42(3,38)39)26-15-32-29(13-25(24)26)34-28-11-12-31-30(35-28)22-14-33-37(18-22)43(40,41)23-7-5-4-6-8-23/h9-15,18,20-21,23H,4-8,16-17,19H2,1-3H3,(H,31,32,34,35). The lowest BCUT2D eigenvalue weighted by Gasteiger charge is -2.41. The number of nitrogens with one attached hydrogen (secondary N) is 1. The minimum Gasteiger partial charge on any atom is -0.370 e. The van der Waals surface area contributed by atoms with Crippen molar-refractivity contribution in [1.82, 2.24) is 24.1 Å². The summed E-state index contributed by atoms with van der Waals surface area (Å²) in [6.45, 7) is 5.70. The maximum absolute atomic E-state index is 13.1. The van der Waals surface area contributed by atoms with Gasteiger partial charge in [-0.2, -0.15) is 9.19 Å². The van der Waals surface area contributed by atoms with Crippen molar-refractivity contribution in [1.29, 1.82) is 0 Å². The second-order valence-corrected chi connectivity index (χ2v) is 16.4. The lowest BCUT2D eigenvalue weighted by Crippen LogP contribution is -2.49. The van der Waals surface area contributed by atoms with Gasteiger partial charge >= 0.3 is 0 Å². The third kappa shape index (κ3) is 6.23. The zero-order chi connectivity index (χ0) is 30.4. The summed E-state index contributed by atoms with van der Waals surface area (Å²) in [7, 11) is -6.57. The average molecular weight is 624 g/mol. The first-order chi connectivity index (χ1) is 20.5. The maximum atomic E-state index is 13.1. The van der Waals surface area contributed by atoms with Crippen molar-refractivity contribution < 1.29 is 16.8 Å². The Morgan fingerprint density at radius 2 is 1.72 bits per heavy atom. The number of sulfone groups is 1. The number of pyridine rings is 1. The Hall–Kier alpha value is -3.58. The van der Waals surface area contributed by atoms with E-state index in [2.05, 4.69) is 56.2 Å². The number of aromatic nitrogens is 5. The Morgan fingerprint density at radius 3 is 2.44 bits per heavy atom. The van der Waals surface area contributed by atoms with Crippen LogP contribution in [0.1, 0.15) is 57.4 Å². The van der Waals surface area contributed by atoms with Gasteiger partial charge < -0.3 is 10.2 Å². The topological polar surface area (TPSA) is 140 Å². The van der Waals surface area contributed by atoms with E-state index < -0.39 is 25.1 Å². The molecule has 1 aromatic carbocycles. The van der Waals surface area contributed by atoms with E-state index in [1.54, 1.807) is 12.3 Å². The molecule has 0 spiro atoms. The van der Waals surface area contributed by atoms with Gasteiger partial charge in [-0.05, 0) is 47.9 Å². The van der Waals surface area contributed by atoms with Gasteiger partial charge in [-0.1, -0.05) is 39.2 Å². The Labute approximate surface area is 252 Å². The molecule has 1 saturated heterocycles. The SMILES string of the molecule is CC(C)c1ccc(N2CC(CS(C)(=O)=O)C2)c2cnc(Nc3ccnc(-c4cnn(S(=O)(=O)C5CCCCC5)c4)n3)cc12. The van der Waals surface area contributed by atoms with Crippen LogP contribution in [0.5, 0.6) is 0 Å². The molecule has 13 heteroatoms. The highest BCUT2D eigenvalue weighted by Crippen LogP contribution is 2.37. The van der Waals surface area contributed by atoms with Crippen molar-refractivity contribution in [2.75, 3.05) is 35.3 Å². The van der Waals surface area contributed by atoms with Crippen LogP contribution >= 0.6 is 0 Å². The molecule has 1 saturated carbocycles. The summed E-state index contributed by atoms with van der Waals surface area (Å²) < 4.78 is 50.7. The van der Waals surface area contributed by atoms with Crippen LogP contribution < -0.4 is 10.2 Å². The number of benzene rings is 1. The molecule has 2 aliphatic rings. The number of nitrogens with zero attached hydrogens (tertiary/aromatic N) is 6. The number of fused-ring (bicyclic) bond motifs is 1. The summed E-state index contributed by atoms with van der Waals surface area (Å²) in [6, 6.07) is 7.99. The monoisotopic (exact) mass is 623 g/mol. The lowest BCUT2D eigenvalue weighted by atomic mass is 9.93. The number of hydrogen-bond acceptors (Lipinski definition) is 10. The van der Waals surface area contributed by atoms with Crippen LogP contribution in [0, 0.1) is 5.92 Å². The first-order valence-corrected chi connectivity index (χ1v) is 18.3. The largest absolute Gasteiger partial charge is 0.370 e. The van der Waals surface area contributed by atoms with Crippen molar-refractivity contribution in [2.24, 2.45) is 5.92 Å². The van der Waals surface area contributed by atoms with Crippen LogP contribution in [0.3, 0.4) is 0 Å².